The van der Waals surface area contributed by atoms with E-state index in [1.165, 1.54) is 0 Å². The Labute approximate surface area is 312 Å². The van der Waals surface area contributed by atoms with Gasteiger partial charge in [-0.25, -0.2) is 0 Å². The Morgan fingerprint density at radius 3 is 2.06 bits per heavy atom. The van der Waals surface area contributed by atoms with Gasteiger partial charge in [-0.3, -0.25) is 0 Å². The van der Waals surface area contributed by atoms with E-state index in [2.05, 4.69) is 34.6 Å². The van der Waals surface area contributed by atoms with Crippen molar-refractivity contribution in [1.29, 1.82) is 0 Å². The Morgan fingerprint density at radius 2 is 1.36 bits per heavy atom. The van der Waals surface area contributed by atoms with Crippen LogP contribution in [0.5, 0.6) is 0 Å². The number of hydrogen-bond donors (Lipinski definition) is 7. The number of hydrogen-bond acceptors (Lipinski definition) is 13. The lowest BCUT2D eigenvalue weighted by Gasteiger charge is -2.63. The number of ether oxygens (including phenoxy) is 6. The van der Waals surface area contributed by atoms with Crippen molar-refractivity contribution in [3.05, 3.63) is 0 Å². The zero-order valence-electron chi connectivity index (χ0n) is 32.4. The number of aliphatic hydroxyl groups is 7. The van der Waals surface area contributed by atoms with Crippen molar-refractivity contribution < 1.29 is 64.2 Å². The van der Waals surface area contributed by atoms with Gasteiger partial charge in [0, 0.05) is 11.3 Å². The van der Waals surface area contributed by atoms with Gasteiger partial charge in [0.25, 0.3) is 0 Å². The SMILES string of the molecule is C[C@@H]1C[C@H]2O[C@@]3(O[C@@H]2C(C)(C)O)[C@H](O)[C@@]2(C)[C@@H]4CC[C@H]5C(C)(C)[C@@H](O[C@@H]6OC[C@@H](O)[C@H](O[C@@H]7OC[C@@H](O)[C@H](O)[C@H]7O)[C@H]6O)CC[C@@]56C[C@@]46CC[C@]2(C)[C@@H]13. The first kappa shape index (κ1) is 38.0. The first-order valence-electron chi connectivity index (χ1n) is 20.4. The molecule has 3 spiro atoms. The van der Waals surface area contributed by atoms with Gasteiger partial charge in [0.15, 0.2) is 18.4 Å². The molecule has 4 aliphatic heterocycles. The minimum absolute atomic E-state index is 0.0294. The van der Waals surface area contributed by atoms with Gasteiger partial charge in [-0.15, -0.1) is 0 Å². The molecule has 0 aromatic rings. The van der Waals surface area contributed by atoms with E-state index in [0.29, 0.717) is 11.8 Å². The van der Waals surface area contributed by atoms with E-state index >= 15 is 0 Å². The van der Waals surface area contributed by atoms with Crippen LogP contribution in [0.4, 0.5) is 0 Å². The van der Waals surface area contributed by atoms with Crippen molar-refractivity contribution in [2.45, 2.75) is 185 Å². The largest absolute Gasteiger partial charge is 0.388 e. The molecule has 13 nitrogen and oxygen atoms in total. The smallest absolute Gasteiger partial charge is 0.199 e. The predicted octanol–water partition coefficient (Wildman–Crippen LogP) is 1.58. The molecule has 4 heterocycles. The van der Waals surface area contributed by atoms with E-state index in [0.717, 1.165) is 51.4 Å². The average Bonchev–Trinajstić information content (AvgIpc) is 3.60. The van der Waals surface area contributed by atoms with Crippen LogP contribution in [0.2, 0.25) is 0 Å². The fourth-order valence-electron chi connectivity index (χ4n) is 15.2. The first-order chi connectivity index (χ1) is 24.7. The van der Waals surface area contributed by atoms with E-state index in [-0.39, 0.29) is 58.9 Å². The maximum Gasteiger partial charge on any atom is 0.199 e. The Morgan fingerprint density at radius 1 is 0.717 bits per heavy atom. The van der Waals surface area contributed by atoms with E-state index in [1.54, 1.807) is 13.8 Å². The molecular weight excluding hydrogens is 688 g/mol. The molecule has 2 bridgehead atoms. The summed E-state index contributed by atoms with van der Waals surface area (Å²) in [6, 6.07) is 0. The van der Waals surface area contributed by atoms with Gasteiger partial charge in [-0.2, -0.15) is 0 Å². The Balaban J connectivity index is 0.941. The van der Waals surface area contributed by atoms with Gasteiger partial charge < -0.3 is 64.2 Å². The van der Waals surface area contributed by atoms with Gasteiger partial charge in [-0.1, -0.05) is 34.6 Å². The predicted molar refractivity (Wildman–Crippen MR) is 185 cm³/mol. The topological polar surface area (TPSA) is 197 Å². The van der Waals surface area contributed by atoms with Gasteiger partial charge in [0.05, 0.1) is 31.0 Å². The molecule has 9 rings (SSSR count). The molecule has 13 heteroatoms. The maximum absolute atomic E-state index is 12.8. The van der Waals surface area contributed by atoms with Crippen LogP contribution in [-0.2, 0) is 28.4 Å². The molecule has 0 aromatic carbocycles. The van der Waals surface area contributed by atoms with Crippen LogP contribution >= 0.6 is 0 Å². The Hall–Kier alpha value is -0.520. The summed E-state index contributed by atoms with van der Waals surface area (Å²) in [7, 11) is 0. The number of rotatable bonds is 5. The Bertz CT molecular complexity index is 1460. The summed E-state index contributed by atoms with van der Waals surface area (Å²) in [5.74, 6) is -0.148. The highest BCUT2D eigenvalue weighted by Gasteiger charge is 2.88. The lowest BCUT2D eigenvalue weighted by atomic mass is 9.41. The summed E-state index contributed by atoms with van der Waals surface area (Å²) < 4.78 is 37.4. The molecule has 5 saturated carbocycles. The molecule has 4 saturated heterocycles. The van der Waals surface area contributed by atoms with Crippen LogP contribution in [0.3, 0.4) is 0 Å². The third-order valence-electron chi connectivity index (χ3n) is 17.6. The van der Waals surface area contributed by atoms with Crippen molar-refractivity contribution in [3.8, 4) is 0 Å². The zero-order valence-corrected chi connectivity index (χ0v) is 32.4. The molecule has 9 aliphatic rings. The molecule has 302 valence electrons. The minimum Gasteiger partial charge on any atom is -0.388 e. The third-order valence-corrected chi connectivity index (χ3v) is 17.6. The second-order valence-electron chi connectivity index (χ2n) is 20.6. The van der Waals surface area contributed by atoms with Crippen LogP contribution in [0.1, 0.15) is 99.8 Å². The fourth-order valence-corrected chi connectivity index (χ4v) is 15.2. The molecule has 0 aromatic heterocycles. The van der Waals surface area contributed by atoms with E-state index in [4.69, 9.17) is 28.4 Å². The van der Waals surface area contributed by atoms with E-state index in [9.17, 15) is 35.7 Å². The molecule has 9 fully saturated rings. The quantitative estimate of drug-likeness (QED) is 0.200. The van der Waals surface area contributed by atoms with Gasteiger partial charge in [0.1, 0.15) is 48.8 Å². The van der Waals surface area contributed by atoms with Crippen molar-refractivity contribution in [3.63, 3.8) is 0 Å². The highest BCUT2D eigenvalue weighted by atomic mass is 16.8. The molecular formula is C40H64O13. The van der Waals surface area contributed by atoms with Crippen LogP contribution in [0.15, 0.2) is 0 Å². The minimum atomic E-state index is -1.56. The van der Waals surface area contributed by atoms with Gasteiger partial charge in [0.2, 0.25) is 0 Å². The normalized spacial score (nSPS) is 61.0. The van der Waals surface area contributed by atoms with E-state index in [1.807, 2.05) is 0 Å². The highest BCUT2D eigenvalue weighted by molar-refractivity contribution is 5.34. The third kappa shape index (κ3) is 4.72. The van der Waals surface area contributed by atoms with Crippen molar-refractivity contribution >= 4 is 0 Å². The molecule has 21 atom stereocenters. The maximum atomic E-state index is 12.8. The summed E-state index contributed by atoms with van der Waals surface area (Å²) >= 11 is 0. The molecule has 5 aliphatic carbocycles. The number of fused-ring (bicyclic) bond motifs is 4. The van der Waals surface area contributed by atoms with Crippen LogP contribution in [0.25, 0.3) is 0 Å². The second kappa shape index (κ2) is 11.8. The van der Waals surface area contributed by atoms with Crippen molar-refractivity contribution in [1.82, 2.24) is 0 Å². The molecule has 0 unspecified atom stereocenters. The van der Waals surface area contributed by atoms with Crippen molar-refractivity contribution in [2.24, 2.45) is 50.7 Å². The summed E-state index contributed by atoms with van der Waals surface area (Å²) in [6.07, 6.45) is -4.62. The first-order valence-corrected chi connectivity index (χ1v) is 20.4. The summed E-state index contributed by atoms with van der Waals surface area (Å²) in [4.78, 5) is 0. The van der Waals surface area contributed by atoms with Crippen molar-refractivity contribution in [2.75, 3.05) is 13.2 Å². The standard InChI is InChI=1S/C40H64O13/c1-18-14-21-30(35(4,5)47)53-40(52-21)29(18)36(6)12-13-39-17-38(39)11-10-24(34(2,3)22(38)8-9-23(39)37(36,7)33(40)46)50-32-27(45)28(20(42)16-49-32)51-31-26(44)25(43)19(41)15-48-31/h18-33,41-47H,8-17H2,1-7H3/t18-,19-,20-,21-,22+,23+,24+,25+,26-,27-,28+,29-,30+,31+,32+,33-,36-,37-,38-,39+,40+/m1/s1. The molecule has 53 heavy (non-hydrogen) atoms. The summed E-state index contributed by atoms with van der Waals surface area (Å²) in [5, 5.41) is 76.5. The van der Waals surface area contributed by atoms with Gasteiger partial charge in [-0.05, 0) is 105 Å². The number of aliphatic hydroxyl groups excluding tert-OH is 6. The summed E-state index contributed by atoms with van der Waals surface area (Å²) in [5.41, 5.74) is -1.77. The average molecular weight is 753 g/mol. The van der Waals surface area contributed by atoms with Gasteiger partial charge >= 0.3 is 0 Å². The van der Waals surface area contributed by atoms with Crippen LogP contribution in [0, 0.1) is 50.7 Å². The lowest BCUT2D eigenvalue weighted by Crippen LogP contribution is -2.62. The second-order valence-corrected chi connectivity index (χ2v) is 20.6. The fraction of sp³-hybridized carbons (Fsp3) is 1.00. The van der Waals surface area contributed by atoms with E-state index < -0.39 is 78.2 Å². The lowest BCUT2D eigenvalue weighted by molar-refractivity contribution is -0.345. The van der Waals surface area contributed by atoms with Crippen LogP contribution < -0.4 is 0 Å². The zero-order chi connectivity index (χ0) is 38.1. The summed E-state index contributed by atoms with van der Waals surface area (Å²) in [6.45, 7) is 14.7. The highest BCUT2D eigenvalue weighted by Crippen LogP contribution is 2.90. The Kier molecular flexibility index (Phi) is 8.46. The molecule has 7 N–H and O–H groups in total. The molecule has 0 radical (unpaired) electrons. The monoisotopic (exact) mass is 752 g/mol. The molecule has 0 amide bonds. The van der Waals surface area contributed by atoms with Crippen LogP contribution in [-0.4, -0.2) is 134 Å².